The molecule has 0 N–H and O–H groups in total. The molecule has 0 aromatic heterocycles. The Hall–Kier alpha value is -7.74. The minimum absolute atomic E-state index is 0.329. The fourth-order valence-corrected chi connectivity index (χ4v) is 10.4. The third-order valence-corrected chi connectivity index (χ3v) is 13.3. The molecular formula is C60H41N. The van der Waals surface area contributed by atoms with E-state index in [0.717, 1.165) is 17.1 Å². The predicted molar refractivity (Wildman–Crippen MR) is 259 cm³/mol. The number of hydrogen-bond acceptors (Lipinski definition) is 1. The zero-order valence-corrected chi connectivity index (χ0v) is 33.9. The molecule has 1 unspecified atom stereocenters. The highest BCUT2D eigenvalue weighted by molar-refractivity contribution is 6.22. The molecule has 1 aliphatic rings. The van der Waals surface area contributed by atoms with Gasteiger partial charge in [0, 0.05) is 22.5 Å². The van der Waals surface area contributed by atoms with Crippen molar-refractivity contribution in [2.24, 2.45) is 0 Å². The van der Waals surface area contributed by atoms with Gasteiger partial charge in [-0.1, -0.05) is 194 Å². The zero-order valence-electron chi connectivity index (χ0n) is 33.9. The van der Waals surface area contributed by atoms with Crippen molar-refractivity contribution < 1.29 is 0 Å². The smallest absolute Gasteiger partial charge is 0.0468 e. The van der Waals surface area contributed by atoms with Crippen molar-refractivity contribution in [2.45, 2.75) is 12.3 Å². The molecule has 0 amide bonds. The molecule has 1 nitrogen and oxygen atoms in total. The van der Waals surface area contributed by atoms with E-state index in [1.165, 1.54) is 93.2 Å². The molecule has 11 aromatic carbocycles. The highest BCUT2D eigenvalue weighted by atomic mass is 15.1. The second-order valence-corrected chi connectivity index (χ2v) is 16.6. The van der Waals surface area contributed by atoms with Crippen LogP contribution in [-0.4, -0.2) is 0 Å². The van der Waals surface area contributed by atoms with E-state index >= 15 is 0 Å². The summed E-state index contributed by atoms with van der Waals surface area (Å²) in [5.41, 5.74) is 14.5. The maximum atomic E-state index is 2.48. The second kappa shape index (κ2) is 13.9. The summed E-state index contributed by atoms with van der Waals surface area (Å²) in [7, 11) is 0. The first-order valence-corrected chi connectivity index (χ1v) is 21.3. The van der Waals surface area contributed by atoms with Crippen LogP contribution in [0.5, 0.6) is 0 Å². The maximum Gasteiger partial charge on any atom is 0.0468 e. The summed E-state index contributed by atoms with van der Waals surface area (Å²) < 4.78 is 0. The quantitative estimate of drug-likeness (QED) is 0.152. The topological polar surface area (TPSA) is 3.24 Å². The Labute approximate surface area is 356 Å². The average molecular weight is 776 g/mol. The number of rotatable bonds is 6. The van der Waals surface area contributed by atoms with Gasteiger partial charge in [-0.25, -0.2) is 0 Å². The number of fused-ring (bicyclic) bond motifs is 9. The van der Waals surface area contributed by atoms with Crippen LogP contribution in [0.25, 0.3) is 76.5 Å². The second-order valence-electron chi connectivity index (χ2n) is 16.6. The molecule has 0 aliphatic heterocycles. The predicted octanol–water partition coefficient (Wildman–Crippen LogP) is 16.4. The van der Waals surface area contributed by atoms with E-state index < -0.39 is 0 Å². The average Bonchev–Trinajstić information content (AvgIpc) is 3.59. The molecule has 0 saturated heterocycles. The standard InChI is InChI=1S/C60H41N/c1-60(44-22-9-4-10-23-44)56-28-16-15-26-52(56)53-36-33-47(39-57(53)60)61(45-31-34-49-43(37-45)30-29-40-17-11-12-24-48(40)49)46-32-35-51-50-25-13-14-27-54(50)58(41-18-5-2-6-19-41)59(55(51)38-46)42-20-7-3-8-21-42/h2-39H,1H3. The van der Waals surface area contributed by atoms with E-state index in [1.807, 2.05) is 0 Å². The van der Waals surface area contributed by atoms with Gasteiger partial charge in [0.1, 0.15) is 0 Å². The van der Waals surface area contributed by atoms with E-state index in [4.69, 9.17) is 0 Å². The minimum Gasteiger partial charge on any atom is -0.310 e. The van der Waals surface area contributed by atoms with Crippen LogP contribution in [0.4, 0.5) is 17.1 Å². The lowest BCUT2D eigenvalue weighted by atomic mass is 9.74. The summed E-state index contributed by atoms with van der Waals surface area (Å²) in [5.74, 6) is 0. The highest BCUT2D eigenvalue weighted by Gasteiger charge is 2.41. The van der Waals surface area contributed by atoms with Crippen LogP contribution in [0.1, 0.15) is 23.6 Å². The van der Waals surface area contributed by atoms with Crippen LogP contribution >= 0.6 is 0 Å². The van der Waals surface area contributed by atoms with Crippen molar-refractivity contribution in [3.63, 3.8) is 0 Å². The van der Waals surface area contributed by atoms with Gasteiger partial charge in [0.25, 0.3) is 0 Å². The van der Waals surface area contributed by atoms with Crippen molar-refractivity contribution in [1.82, 2.24) is 0 Å². The Morgan fingerprint density at radius 2 is 0.803 bits per heavy atom. The van der Waals surface area contributed by atoms with Crippen molar-refractivity contribution >= 4 is 60.2 Å². The van der Waals surface area contributed by atoms with Crippen LogP contribution in [0, 0.1) is 0 Å². The maximum absolute atomic E-state index is 2.48. The van der Waals surface area contributed by atoms with Gasteiger partial charge in [-0.15, -0.1) is 0 Å². The van der Waals surface area contributed by atoms with Crippen LogP contribution in [0.3, 0.4) is 0 Å². The van der Waals surface area contributed by atoms with Crippen LogP contribution in [0.15, 0.2) is 231 Å². The van der Waals surface area contributed by atoms with Gasteiger partial charge in [-0.05, 0) is 136 Å². The lowest BCUT2D eigenvalue weighted by Crippen LogP contribution is -2.22. The summed E-state index contributed by atoms with van der Waals surface area (Å²) in [4.78, 5) is 2.48. The van der Waals surface area contributed by atoms with E-state index in [1.54, 1.807) is 0 Å². The summed E-state index contributed by atoms with van der Waals surface area (Å²) >= 11 is 0. The first-order valence-electron chi connectivity index (χ1n) is 21.3. The van der Waals surface area contributed by atoms with Gasteiger partial charge in [0.05, 0.1) is 0 Å². The van der Waals surface area contributed by atoms with Gasteiger partial charge in [0.15, 0.2) is 0 Å². The molecule has 1 heteroatoms. The number of benzene rings is 11. The fraction of sp³-hybridized carbons (Fsp3) is 0.0333. The highest BCUT2D eigenvalue weighted by Crippen LogP contribution is 2.54. The molecule has 0 bridgehead atoms. The summed E-state index contributed by atoms with van der Waals surface area (Å²) in [6.45, 7) is 2.40. The van der Waals surface area contributed by atoms with Crippen LogP contribution in [-0.2, 0) is 5.41 Å². The van der Waals surface area contributed by atoms with Crippen LogP contribution in [0.2, 0.25) is 0 Å². The monoisotopic (exact) mass is 775 g/mol. The van der Waals surface area contributed by atoms with Gasteiger partial charge >= 0.3 is 0 Å². The fourth-order valence-electron chi connectivity index (χ4n) is 10.4. The zero-order chi connectivity index (χ0) is 40.5. The van der Waals surface area contributed by atoms with E-state index in [0.29, 0.717) is 0 Å². The van der Waals surface area contributed by atoms with E-state index in [9.17, 15) is 0 Å². The number of nitrogens with zero attached hydrogens (tertiary/aromatic N) is 1. The molecule has 286 valence electrons. The summed E-state index contributed by atoms with van der Waals surface area (Å²) in [6, 6.07) is 85.3. The summed E-state index contributed by atoms with van der Waals surface area (Å²) in [5, 5.41) is 9.96. The normalized spacial score (nSPS) is 14.4. The Morgan fingerprint density at radius 1 is 0.311 bits per heavy atom. The third kappa shape index (κ3) is 5.48. The first kappa shape index (κ1) is 35.2. The van der Waals surface area contributed by atoms with Gasteiger partial charge in [-0.2, -0.15) is 0 Å². The Kier molecular flexibility index (Phi) is 8.05. The number of anilines is 3. The third-order valence-electron chi connectivity index (χ3n) is 13.3. The molecule has 1 atom stereocenters. The van der Waals surface area contributed by atoms with Crippen molar-refractivity contribution in [3.8, 4) is 33.4 Å². The Morgan fingerprint density at radius 3 is 1.56 bits per heavy atom. The SMILES string of the molecule is CC1(c2ccccc2)c2ccccc2-c2ccc(N(c3ccc4c(ccc5ccccc54)c3)c3ccc4c(c3)c(-c3ccccc3)c(-c3ccccc3)c3ccccc34)cc21. The minimum atomic E-state index is -0.329. The van der Waals surface area contributed by atoms with Crippen LogP contribution < -0.4 is 4.90 Å². The van der Waals surface area contributed by atoms with Crippen molar-refractivity contribution in [2.75, 3.05) is 4.90 Å². The van der Waals surface area contributed by atoms with E-state index in [-0.39, 0.29) is 5.41 Å². The molecule has 0 saturated carbocycles. The van der Waals surface area contributed by atoms with Gasteiger partial charge < -0.3 is 4.90 Å². The van der Waals surface area contributed by atoms with Gasteiger partial charge in [0.2, 0.25) is 0 Å². The Balaban J connectivity index is 1.15. The van der Waals surface area contributed by atoms with Crippen molar-refractivity contribution in [1.29, 1.82) is 0 Å². The van der Waals surface area contributed by atoms with E-state index in [2.05, 4.69) is 242 Å². The number of hydrogen-bond donors (Lipinski definition) is 0. The van der Waals surface area contributed by atoms with Crippen molar-refractivity contribution in [3.05, 3.63) is 247 Å². The summed E-state index contributed by atoms with van der Waals surface area (Å²) in [6.07, 6.45) is 0. The molecule has 0 heterocycles. The largest absolute Gasteiger partial charge is 0.310 e. The lowest BCUT2D eigenvalue weighted by molar-refractivity contribution is 0.714. The molecule has 12 rings (SSSR count). The molecule has 1 aliphatic carbocycles. The molecule has 0 radical (unpaired) electrons. The molecule has 0 spiro atoms. The first-order chi connectivity index (χ1) is 30.1. The Bertz CT molecular complexity index is 3480. The molecule has 11 aromatic rings. The molecule has 0 fully saturated rings. The molecular weight excluding hydrogens is 735 g/mol. The molecule has 61 heavy (non-hydrogen) atoms. The van der Waals surface area contributed by atoms with Gasteiger partial charge in [-0.3, -0.25) is 0 Å². The lowest BCUT2D eigenvalue weighted by Gasteiger charge is -2.31.